The number of hydrogen-bond donors (Lipinski definition) is 1. The first-order valence-electron chi connectivity index (χ1n) is 8.87. The highest BCUT2D eigenvalue weighted by Gasteiger charge is 2.10. The zero-order valence-corrected chi connectivity index (χ0v) is 16.2. The number of para-hydroxylation sites is 1. The minimum Gasteiger partial charge on any atom is -0.483 e. The van der Waals surface area contributed by atoms with Gasteiger partial charge in [0, 0.05) is 13.0 Å². The molecule has 1 heterocycles. The van der Waals surface area contributed by atoms with Gasteiger partial charge in [-0.3, -0.25) is 4.79 Å². The van der Waals surface area contributed by atoms with E-state index in [4.69, 9.17) is 4.74 Å². The number of benzene rings is 2. The number of hydrogen-bond acceptors (Lipinski definition) is 4. The Kier molecular flexibility index (Phi) is 5.89. The molecular formula is C21H24N2O2S. The Bertz CT molecular complexity index is 869. The van der Waals surface area contributed by atoms with Crippen molar-refractivity contribution in [2.75, 3.05) is 13.2 Å². The van der Waals surface area contributed by atoms with Gasteiger partial charge in [0.05, 0.1) is 15.2 Å². The third-order valence-corrected chi connectivity index (χ3v) is 5.25. The van der Waals surface area contributed by atoms with Crippen LogP contribution >= 0.6 is 11.3 Å². The van der Waals surface area contributed by atoms with Gasteiger partial charge in [0.1, 0.15) is 5.75 Å². The van der Waals surface area contributed by atoms with Crippen LogP contribution < -0.4 is 10.1 Å². The van der Waals surface area contributed by atoms with E-state index in [0.717, 1.165) is 33.8 Å². The Morgan fingerprint density at radius 2 is 2.04 bits per heavy atom. The smallest absolute Gasteiger partial charge is 0.257 e. The third-order valence-electron chi connectivity index (χ3n) is 4.15. The molecule has 1 amide bonds. The first kappa shape index (κ1) is 18.4. The molecule has 0 spiro atoms. The van der Waals surface area contributed by atoms with Gasteiger partial charge >= 0.3 is 0 Å². The summed E-state index contributed by atoms with van der Waals surface area (Å²) in [5, 5.41) is 3.95. The molecule has 5 heteroatoms. The van der Waals surface area contributed by atoms with E-state index in [1.807, 2.05) is 31.2 Å². The quantitative estimate of drug-likeness (QED) is 0.669. The second-order valence-electron chi connectivity index (χ2n) is 6.66. The van der Waals surface area contributed by atoms with Crippen LogP contribution in [0.3, 0.4) is 0 Å². The lowest BCUT2D eigenvalue weighted by Crippen LogP contribution is -2.30. The van der Waals surface area contributed by atoms with Gasteiger partial charge in [-0.2, -0.15) is 0 Å². The van der Waals surface area contributed by atoms with Crippen molar-refractivity contribution in [1.29, 1.82) is 0 Å². The zero-order chi connectivity index (χ0) is 18.5. The molecule has 3 rings (SSSR count). The molecule has 0 fully saturated rings. The van der Waals surface area contributed by atoms with Crippen LogP contribution in [0.4, 0.5) is 0 Å². The first-order chi connectivity index (χ1) is 12.5. The molecule has 0 atom stereocenters. The molecule has 2 aromatic carbocycles. The van der Waals surface area contributed by atoms with Crippen molar-refractivity contribution < 1.29 is 9.53 Å². The molecule has 0 radical (unpaired) electrons. The summed E-state index contributed by atoms with van der Waals surface area (Å²) in [4.78, 5) is 16.7. The summed E-state index contributed by atoms with van der Waals surface area (Å²) in [5.41, 5.74) is 3.27. The number of fused-ring (bicyclic) bond motifs is 1. The summed E-state index contributed by atoms with van der Waals surface area (Å²) in [5.74, 6) is 1.04. The van der Waals surface area contributed by atoms with Gasteiger partial charge in [-0.25, -0.2) is 4.98 Å². The van der Waals surface area contributed by atoms with Crippen LogP contribution in [0, 0.1) is 6.92 Å². The molecule has 26 heavy (non-hydrogen) atoms. The van der Waals surface area contributed by atoms with E-state index < -0.39 is 0 Å². The van der Waals surface area contributed by atoms with Gasteiger partial charge in [0.2, 0.25) is 0 Å². The molecule has 0 aliphatic carbocycles. The molecule has 4 nitrogen and oxygen atoms in total. The predicted molar refractivity (Wildman–Crippen MR) is 107 cm³/mol. The predicted octanol–water partition coefficient (Wildman–Crippen LogP) is 4.47. The summed E-state index contributed by atoms with van der Waals surface area (Å²) in [6, 6.07) is 14.2. The maximum atomic E-state index is 12.1. The fourth-order valence-electron chi connectivity index (χ4n) is 2.77. The monoisotopic (exact) mass is 368 g/mol. The van der Waals surface area contributed by atoms with Crippen LogP contribution in [0.5, 0.6) is 5.75 Å². The highest BCUT2D eigenvalue weighted by molar-refractivity contribution is 7.18. The van der Waals surface area contributed by atoms with Gasteiger partial charge in [-0.05, 0) is 42.2 Å². The number of nitrogens with one attached hydrogen (secondary N) is 1. The molecule has 0 aliphatic rings. The highest BCUT2D eigenvalue weighted by atomic mass is 32.1. The van der Waals surface area contributed by atoms with E-state index >= 15 is 0 Å². The summed E-state index contributed by atoms with van der Waals surface area (Å²) in [6.07, 6.45) is 0.729. The maximum absolute atomic E-state index is 12.1. The number of rotatable bonds is 7. The Labute approximate surface area is 158 Å². The number of nitrogens with zero attached hydrogens (tertiary/aromatic N) is 1. The summed E-state index contributed by atoms with van der Waals surface area (Å²) in [6.45, 7) is 6.86. The summed E-state index contributed by atoms with van der Waals surface area (Å²) in [7, 11) is 0. The Balaban J connectivity index is 1.49. The van der Waals surface area contributed by atoms with Crippen molar-refractivity contribution in [3.8, 4) is 5.75 Å². The van der Waals surface area contributed by atoms with Crippen LogP contribution in [-0.2, 0) is 11.2 Å². The first-order valence-corrected chi connectivity index (χ1v) is 9.69. The van der Waals surface area contributed by atoms with Gasteiger partial charge < -0.3 is 10.1 Å². The number of carbonyl (C=O) groups is 1. The molecular weight excluding hydrogens is 344 g/mol. The van der Waals surface area contributed by atoms with Gasteiger partial charge in [0.15, 0.2) is 6.61 Å². The molecule has 1 N–H and O–H groups in total. The highest BCUT2D eigenvalue weighted by Crippen LogP contribution is 2.27. The van der Waals surface area contributed by atoms with Crippen molar-refractivity contribution in [2.45, 2.75) is 33.1 Å². The number of aryl methyl sites for hydroxylation is 1. The minimum absolute atomic E-state index is 0.0308. The zero-order valence-electron chi connectivity index (χ0n) is 15.4. The fraction of sp³-hybridized carbons (Fsp3) is 0.333. The number of carbonyl (C=O) groups excluding carboxylic acids is 1. The van der Waals surface area contributed by atoms with Crippen molar-refractivity contribution in [3.05, 3.63) is 58.6 Å². The number of aromatic nitrogens is 1. The van der Waals surface area contributed by atoms with Crippen LogP contribution in [-0.4, -0.2) is 24.0 Å². The van der Waals surface area contributed by atoms with E-state index in [1.165, 1.54) is 4.70 Å². The molecule has 0 aliphatic heterocycles. The van der Waals surface area contributed by atoms with E-state index in [-0.39, 0.29) is 12.5 Å². The van der Waals surface area contributed by atoms with Crippen molar-refractivity contribution in [3.63, 3.8) is 0 Å². The van der Waals surface area contributed by atoms with Crippen LogP contribution in [0.25, 0.3) is 10.2 Å². The summed E-state index contributed by atoms with van der Waals surface area (Å²) >= 11 is 1.67. The lowest BCUT2D eigenvalue weighted by atomic mass is 10.0. The molecule has 3 aromatic rings. The van der Waals surface area contributed by atoms with Crippen LogP contribution in [0.15, 0.2) is 42.5 Å². The van der Waals surface area contributed by atoms with E-state index in [9.17, 15) is 4.79 Å². The van der Waals surface area contributed by atoms with Crippen molar-refractivity contribution in [1.82, 2.24) is 10.3 Å². The second-order valence-corrected chi connectivity index (χ2v) is 7.78. The van der Waals surface area contributed by atoms with Crippen molar-refractivity contribution >= 4 is 27.5 Å². The van der Waals surface area contributed by atoms with Crippen molar-refractivity contribution in [2.24, 2.45) is 0 Å². The lowest BCUT2D eigenvalue weighted by molar-refractivity contribution is -0.123. The largest absolute Gasteiger partial charge is 0.483 e. The minimum atomic E-state index is -0.109. The maximum Gasteiger partial charge on any atom is 0.257 e. The van der Waals surface area contributed by atoms with Gasteiger partial charge in [-0.1, -0.05) is 38.1 Å². The number of ether oxygens (including phenoxy) is 1. The average molecular weight is 369 g/mol. The lowest BCUT2D eigenvalue weighted by Gasteiger charge is -2.14. The molecule has 0 saturated heterocycles. The van der Waals surface area contributed by atoms with Crippen LogP contribution in [0.2, 0.25) is 0 Å². The van der Waals surface area contributed by atoms with E-state index in [2.05, 4.69) is 42.3 Å². The number of thiazole rings is 1. The SMILES string of the molecule is Cc1ccc(C(C)C)c(OCC(=O)NCCc2nc3ccccc3s2)c1. The third kappa shape index (κ3) is 4.61. The number of amides is 1. The fourth-order valence-corrected chi connectivity index (χ4v) is 3.74. The van der Waals surface area contributed by atoms with E-state index in [0.29, 0.717) is 12.5 Å². The standard InChI is InChI=1S/C21H24N2O2S/c1-14(2)16-9-8-15(3)12-18(16)25-13-20(24)22-11-10-21-23-17-6-4-5-7-19(17)26-21/h4-9,12,14H,10-11,13H2,1-3H3,(H,22,24). The topological polar surface area (TPSA) is 51.2 Å². The van der Waals surface area contributed by atoms with Crippen LogP contribution in [0.1, 0.15) is 35.9 Å². The molecule has 136 valence electrons. The normalized spacial score (nSPS) is 11.1. The molecule has 0 saturated carbocycles. The second kappa shape index (κ2) is 8.32. The van der Waals surface area contributed by atoms with Gasteiger partial charge in [-0.15, -0.1) is 11.3 Å². The molecule has 1 aromatic heterocycles. The average Bonchev–Trinajstić information content (AvgIpc) is 3.02. The summed E-state index contributed by atoms with van der Waals surface area (Å²) < 4.78 is 6.95. The molecule has 0 unspecified atom stereocenters. The molecule has 0 bridgehead atoms. The van der Waals surface area contributed by atoms with E-state index in [1.54, 1.807) is 11.3 Å². The Morgan fingerprint density at radius 1 is 1.23 bits per heavy atom. The van der Waals surface area contributed by atoms with Gasteiger partial charge in [0.25, 0.3) is 5.91 Å². The Morgan fingerprint density at radius 3 is 2.81 bits per heavy atom. The Hall–Kier alpha value is -2.40.